The molecule has 1 atom stereocenters. The van der Waals surface area contributed by atoms with Crippen molar-refractivity contribution in [3.63, 3.8) is 0 Å². The summed E-state index contributed by atoms with van der Waals surface area (Å²) in [6.45, 7) is 1.31. The molecule has 0 unspecified atom stereocenters. The Hall–Kier alpha value is -2.13. The Morgan fingerprint density at radius 3 is 2.67 bits per heavy atom. The van der Waals surface area contributed by atoms with Crippen molar-refractivity contribution in [2.24, 2.45) is 0 Å². The number of amides is 1. The van der Waals surface area contributed by atoms with E-state index in [0.717, 1.165) is 17.6 Å². The lowest BCUT2D eigenvalue weighted by Gasteiger charge is -2.18. The first-order chi connectivity index (χ1) is 11.3. The van der Waals surface area contributed by atoms with Crippen LogP contribution in [0.2, 0.25) is 0 Å². The van der Waals surface area contributed by atoms with Gasteiger partial charge in [-0.1, -0.05) is 18.2 Å². The van der Waals surface area contributed by atoms with E-state index in [4.69, 9.17) is 0 Å². The summed E-state index contributed by atoms with van der Waals surface area (Å²) in [4.78, 5) is 12.2. The molecule has 9 heteroatoms. The van der Waals surface area contributed by atoms with Crippen molar-refractivity contribution in [1.29, 1.82) is 0 Å². The predicted octanol–water partition coefficient (Wildman–Crippen LogP) is 2.98. The Morgan fingerprint density at radius 1 is 1.38 bits per heavy atom. The second-order valence-corrected chi connectivity index (χ2v) is 5.81. The van der Waals surface area contributed by atoms with Crippen LogP contribution < -0.4 is 10.6 Å². The molecule has 1 heterocycles. The van der Waals surface area contributed by atoms with E-state index in [2.05, 4.69) is 15.0 Å². The number of anilines is 1. The third-order valence-electron chi connectivity index (χ3n) is 3.40. The molecule has 1 amide bonds. The number of aliphatic hydroxyl groups excluding tert-OH is 1. The first-order valence-electron chi connectivity index (χ1n) is 7.02. The number of nitrogens with one attached hydrogen (secondary N) is 2. The van der Waals surface area contributed by atoms with Gasteiger partial charge in [0.15, 0.2) is 0 Å². The lowest BCUT2D eigenvalue weighted by atomic mass is 10.0. The van der Waals surface area contributed by atoms with E-state index >= 15 is 0 Å². The highest BCUT2D eigenvalue weighted by atomic mass is 32.1. The third kappa shape index (κ3) is 3.85. The molecule has 0 aliphatic carbocycles. The molecule has 0 saturated carbocycles. The van der Waals surface area contributed by atoms with Crippen LogP contribution in [-0.2, 0) is 6.18 Å². The number of aryl methyl sites for hydroxylation is 1. The minimum absolute atomic E-state index is 0.278. The van der Waals surface area contributed by atoms with E-state index in [9.17, 15) is 23.1 Å². The second kappa shape index (κ2) is 7.18. The molecule has 0 aliphatic rings. The average molecular weight is 359 g/mol. The number of benzene rings is 1. The summed E-state index contributed by atoms with van der Waals surface area (Å²) in [5.41, 5.74) is -0.374. The van der Waals surface area contributed by atoms with Crippen molar-refractivity contribution >= 4 is 22.4 Å². The van der Waals surface area contributed by atoms with E-state index in [0.29, 0.717) is 16.3 Å². The van der Waals surface area contributed by atoms with Gasteiger partial charge in [0.25, 0.3) is 5.91 Å². The minimum atomic E-state index is -4.57. The summed E-state index contributed by atoms with van der Waals surface area (Å²) in [5, 5.41) is 15.9. The maximum atomic E-state index is 13.0. The van der Waals surface area contributed by atoms with Gasteiger partial charge in [0.05, 0.1) is 22.9 Å². The Morgan fingerprint density at radius 2 is 2.04 bits per heavy atom. The van der Waals surface area contributed by atoms with Gasteiger partial charge in [-0.25, -0.2) is 0 Å². The largest absolute Gasteiger partial charge is 0.416 e. The van der Waals surface area contributed by atoms with Gasteiger partial charge in [-0.15, -0.1) is 0 Å². The van der Waals surface area contributed by atoms with Crippen molar-refractivity contribution in [3.8, 4) is 0 Å². The number of halogens is 3. The standard InChI is InChI=1S/C15H16F3N3O2S/c1-8-12(14(19-2)24-21-8)13(23)20-7-11(22)9-5-3-4-6-10(9)15(16,17)18/h3-6,11,19,22H,7H2,1-2H3,(H,20,23)/t11-/m1/s1. The van der Waals surface area contributed by atoms with E-state index in [1.807, 2.05) is 0 Å². The summed E-state index contributed by atoms with van der Waals surface area (Å²) in [6, 6.07) is 4.74. The molecule has 130 valence electrons. The van der Waals surface area contributed by atoms with Gasteiger partial charge in [0.1, 0.15) is 5.00 Å². The second-order valence-electron chi connectivity index (χ2n) is 5.03. The number of alkyl halides is 3. The van der Waals surface area contributed by atoms with Gasteiger partial charge in [-0.2, -0.15) is 17.5 Å². The molecule has 0 spiro atoms. The first kappa shape index (κ1) is 18.2. The van der Waals surface area contributed by atoms with Gasteiger partial charge in [-0.3, -0.25) is 4.79 Å². The SMILES string of the molecule is CNc1snc(C)c1C(=O)NC[C@@H](O)c1ccccc1C(F)(F)F. The molecule has 0 saturated heterocycles. The number of carbonyl (C=O) groups excluding carboxylic acids is 1. The van der Waals surface area contributed by atoms with E-state index in [1.165, 1.54) is 18.2 Å². The number of aliphatic hydroxyl groups is 1. The average Bonchev–Trinajstić information content (AvgIpc) is 2.92. The van der Waals surface area contributed by atoms with Crippen LogP contribution in [-0.4, -0.2) is 29.0 Å². The van der Waals surface area contributed by atoms with Crippen molar-refractivity contribution < 1.29 is 23.1 Å². The molecule has 1 aromatic carbocycles. The summed E-state index contributed by atoms with van der Waals surface area (Å²) >= 11 is 1.11. The Balaban J connectivity index is 2.13. The fourth-order valence-corrected chi connectivity index (χ4v) is 2.98. The predicted molar refractivity (Wildman–Crippen MR) is 85.1 cm³/mol. The molecule has 24 heavy (non-hydrogen) atoms. The molecule has 2 aromatic rings. The molecule has 5 nitrogen and oxygen atoms in total. The molecular weight excluding hydrogens is 343 g/mol. The van der Waals surface area contributed by atoms with Crippen LogP contribution in [0.4, 0.5) is 18.2 Å². The quantitative estimate of drug-likeness (QED) is 0.767. The van der Waals surface area contributed by atoms with Crippen LogP contribution in [0.5, 0.6) is 0 Å². The lowest BCUT2D eigenvalue weighted by molar-refractivity contribution is -0.139. The summed E-state index contributed by atoms with van der Waals surface area (Å²) in [5.74, 6) is -0.505. The van der Waals surface area contributed by atoms with Crippen molar-refractivity contribution in [2.45, 2.75) is 19.2 Å². The fraction of sp³-hybridized carbons (Fsp3) is 0.333. The first-order valence-corrected chi connectivity index (χ1v) is 7.79. The van der Waals surface area contributed by atoms with Crippen molar-refractivity contribution in [1.82, 2.24) is 9.69 Å². The highest BCUT2D eigenvalue weighted by Crippen LogP contribution is 2.34. The van der Waals surface area contributed by atoms with Crippen LogP contribution in [0, 0.1) is 6.92 Å². The zero-order chi connectivity index (χ0) is 17.9. The zero-order valence-electron chi connectivity index (χ0n) is 12.9. The molecule has 0 fully saturated rings. The van der Waals surface area contributed by atoms with Crippen LogP contribution >= 0.6 is 11.5 Å². The van der Waals surface area contributed by atoms with Gasteiger partial charge in [-0.05, 0) is 30.1 Å². The molecule has 1 aromatic heterocycles. The minimum Gasteiger partial charge on any atom is -0.387 e. The van der Waals surface area contributed by atoms with Crippen LogP contribution in [0.3, 0.4) is 0 Å². The summed E-state index contributed by atoms with van der Waals surface area (Å²) < 4.78 is 43.0. The topological polar surface area (TPSA) is 74.2 Å². The normalized spacial score (nSPS) is 12.8. The van der Waals surface area contributed by atoms with E-state index in [1.54, 1.807) is 14.0 Å². The van der Waals surface area contributed by atoms with Gasteiger partial charge in [0.2, 0.25) is 0 Å². The van der Waals surface area contributed by atoms with Gasteiger partial charge >= 0.3 is 6.18 Å². The molecule has 0 bridgehead atoms. The molecule has 2 rings (SSSR count). The van der Waals surface area contributed by atoms with Crippen molar-refractivity contribution in [2.75, 3.05) is 18.9 Å². The highest BCUT2D eigenvalue weighted by Gasteiger charge is 2.34. The van der Waals surface area contributed by atoms with Crippen LogP contribution in [0.15, 0.2) is 24.3 Å². The Labute approximate surface area is 140 Å². The molecule has 3 N–H and O–H groups in total. The van der Waals surface area contributed by atoms with Crippen LogP contribution in [0.1, 0.15) is 33.3 Å². The van der Waals surface area contributed by atoms with Crippen molar-refractivity contribution in [3.05, 3.63) is 46.6 Å². The Kier molecular flexibility index (Phi) is 5.45. The van der Waals surface area contributed by atoms with Gasteiger partial charge < -0.3 is 15.7 Å². The number of aromatic nitrogens is 1. The number of hydrogen-bond donors (Lipinski definition) is 3. The number of nitrogens with zero attached hydrogens (tertiary/aromatic N) is 1. The van der Waals surface area contributed by atoms with Crippen LogP contribution in [0.25, 0.3) is 0 Å². The molecule has 0 radical (unpaired) electrons. The lowest BCUT2D eigenvalue weighted by Crippen LogP contribution is -2.30. The van der Waals surface area contributed by atoms with E-state index in [-0.39, 0.29) is 12.1 Å². The number of carbonyl (C=O) groups is 1. The molecular formula is C15H16F3N3O2S. The summed E-state index contributed by atoms with van der Waals surface area (Å²) in [6.07, 6.45) is -6.05. The van der Waals surface area contributed by atoms with E-state index < -0.39 is 23.8 Å². The number of rotatable bonds is 5. The van der Waals surface area contributed by atoms with Gasteiger partial charge in [0, 0.05) is 13.6 Å². The Bertz CT molecular complexity index is 731. The fourth-order valence-electron chi connectivity index (χ4n) is 2.24. The molecule has 0 aliphatic heterocycles. The smallest absolute Gasteiger partial charge is 0.387 e. The summed E-state index contributed by atoms with van der Waals surface area (Å²) in [7, 11) is 1.64. The highest BCUT2D eigenvalue weighted by molar-refractivity contribution is 7.10. The maximum absolute atomic E-state index is 13.0. The monoisotopic (exact) mass is 359 g/mol. The third-order valence-corrected chi connectivity index (χ3v) is 4.35. The maximum Gasteiger partial charge on any atom is 0.416 e. The number of hydrogen-bond acceptors (Lipinski definition) is 5. The zero-order valence-corrected chi connectivity index (χ0v) is 13.8.